The molecule has 0 amide bonds. The first kappa shape index (κ1) is 14.0. The molecule has 0 saturated heterocycles. The van der Waals surface area contributed by atoms with Crippen LogP contribution in [0, 0.1) is 13.8 Å². The van der Waals surface area contributed by atoms with Gasteiger partial charge in [0, 0.05) is 6.54 Å². The molecule has 0 spiro atoms. The van der Waals surface area contributed by atoms with E-state index in [2.05, 4.69) is 0 Å². The lowest BCUT2D eigenvalue weighted by molar-refractivity contribution is 0.595. The molecule has 17 heavy (non-hydrogen) atoms. The van der Waals surface area contributed by atoms with Gasteiger partial charge in [-0.1, -0.05) is 6.07 Å². The van der Waals surface area contributed by atoms with Crippen LogP contribution in [0.2, 0.25) is 0 Å². The number of nitrogens with zero attached hydrogens (tertiary/aromatic N) is 1. The van der Waals surface area contributed by atoms with Crippen LogP contribution in [0.25, 0.3) is 0 Å². The van der Waals surface area contributed by atoms with Gasteiger partial charge in [-0.05, 0) is 50.1 Å². The van der Waals surface area contributed by atoms with Gasteiger partial charge in [-0.25, -0.2) is 8.42 Å². The summed E-state index contributed by atoms with van der Waals surface area (Å²) in [7, 11) is -3.25. The molecule has 1 aromatic carbocycles. The molecule has 0 aromatic heterocycles. The molecule has 0 saturated carbocycles. The summed E-state index contributed by atoms with van der Waals surface area (Å²) < 4.78 is 24.9. The molecule has 0 heterocycles. The number of hydrogen-bond acceptors (Lipinski definition) is 3. The summed E-state index contributed by atoms with van der Waals surface area (Å²) in [6.45, 7) is 4.83. The molecule has 1 rings (SSSR count). The summed E-state index contributed by atoms with van der Waals surface area (Å²) in [6.07, 6.45) is 1.88. The van der Waals surface area contributed by atoms with Crippen LogP contribution in [0.4, 0.5) is 5.69 Å². The highest BCUT2D eigenvalue weighted by Crippen LogP contribution is 2.21. The minimum absolute atomic E-state index is 0.429. The highest BCUT2D eigenvalue weighted by atomic mass is 32.2. The van der Waals surface area contributed by atoms with Gasteiger partial charge in [0.15, 0.2) is 0 Å². The van der Waals surface area contributed by atoms with Crippen LogP contribution in [0.3, 0.4) is 0 Å². The fraction of sp³-hybridized carbons (Fsp3) is 0.500. The second kappa shape index (κ2) is 5.51. The van der Waals surface area contributed by atoms with E-state index in [9.17, 15) is 8.42 Å². The van der Waals surface area contributed by atoms with E-state index >= 15 is 0 Å². The van der Waals surface area contributed by atoms with Gasteiger partial charge in [0.1, 0.15) is 0 Å². The third-order valence-electron chi connectivity index (χ3n) is 2.46. The van der Waals surface area contributed by atoms with E-state index in [0.717, 1.165) is 16.8 Å². The Balaban J connectivity index is 3.13. The van der Waals surface area contributed by atoms with Crippen molar-refractivity contribution in [3.8, 4) is 0 Å². The van der Waals surface area contributed by atoms with Crippen molar-refractivity contribution in [2.45, 2.75) is 20.3 Å². The summed E-state index contributed by atoms with van der Waals surface area (Å²) >= 11 is 0. The predicted octanol–water partition coefficient (Wildman–Crippen LogP) is 1.42. The zero-order chi connectivity index (χ0) is 13.1. The molecule has 96 valence electrons. The van der Waals surface area contributed by atoms with E-state index in [4.69, 9.17) is 5.73 Å². The number of anilines is 1. The molecule has 5 heteroatoms. The number of hydrogen-bond donors (Lipinski definition) is 1. The number of rotatable bonds is 5. The quantitative estimate of drug-likeness (QED) is 0.866. The fourth-order valence-corrected chi connectivity index (χ4v) is 2.77. The summed E-state index contributed by atoms with van der Waals surface area (Å²) in [5.41, 5.74) is 8.27. The Kier molecular flexibility index (Phi) is 4.54. The third kappa shape index (κ3) is 4.02. The Morgan fingerprint density at radius 2 is 1.71 bits per heavy atom. The van der Waals surface area contributed by atoms with Crippen molar-refractivity contribution in [2.75, 3.05) is 23.7 Å². The minimum Gasteiger partial charge on any atom is -0.330 e. The zero-order valence-corrected chi connectivity index (χ0v) is 11.4. The van der Waals surface area contributed by atoms with Crippen LogP contribution in [0.15, 0.2) is 18.2 Å². The van der Waals surface area contributed by atoms with Gasteiger partial charge in [-0.3, -0.25) is 4.31 Å². The van der Waals surface area contributed by atoms with E-state index in [0.29, 0.717) is 19.5 Å². The van der Waals surface area contributed by atoms with Gasteiger partial charge in [-0.15, -0.1) is 0 Å². The SMILES string of the molecule is Cc1cc(C)cc(N(CCCN)S(C)(=O)=O)c1. The Labute approximate surface area is 103 Å². The molecule has 4 nitrogen and oxygen atoms in total. The average molecular weight is 256 g/mol. The van der Waals surface area contributed by atoms with Gasteiger partial charge in [0.2, 0.25) is 10.0 Å². The molecule has 0 atom stereocenters. The van der Waals surface area contributed by atoms with Crippen LogP contribution in [-0.2, 0) is 10.0 Å². The second-order valence-electron chi connectivity index (χ2n) is 4.32. The van der Waals surface area contributed by atoms with Crippen molar-refractivity contribution in [1.29, 1.82) is 0 Å². The van der Waals surface area contributed by atoms with Crippen molar-refractivity contribution in [1.82, 2.24) is 0 Å². The molecule has 0 fully saturated rings. The molecule has 0 aliphatic carbocycles. The lowest BCUT2D eigenvalue weighted by Gasteiger charge is -2.23. The van der Waals surface area contributed by atoms with Crippen molar-refractivity contribution < 1.29 is 8.42 Å². The Morgan fingerprint density at radius 1 is 1.18 bits per heavy atom. The van der Waals surface area contributed by atoms with E-state index in [1.807, 2.05) is 32.0 Å². The number of sulfonamides is 1. The number of aryl methyl sites for hydroxylation is 2. The monoisotopic (exact) mass is 256 g/mol. The zero-order valence-electron chi connectivity index (χ0n) is 10.6. The molecular weight excluding hydrogens is 236 g/mol. The smallest absolute Gasteiger partial charge is 0.232 e. The molecule has 1 aromatic rings. The molecular formula is C12H20N2O2S. The Bertz CT molecular complexity index is 463. The first-order valence-electron chi connectivity index (χ1n) is 5.60. The summed E-state index contributed by atoms with van der Waals surface area (Å²) in [5.74, 6) is 0. The fourth-order valence-electron chi connectivity index (χ4n) is 1.82. The summed E-state index contributed by atoms with van der Waals surface area (Å²) in [6, 6.07) is 5.78. The van der Waals surface area contributed by atoms with Crippen LogP contribution in [-0.4, -0.2) is 27.8 Å². The third-order valence-corrected chi connectivity index (χ3v) is 3.65. The highest BCUT2D eigenvalue weighted by Gasteiger charge is 2.16. The van der Waals surface area contributed by atoms with Gasteiger partial charge in [-0.2, -0.15) is 0 Å². The van der Waals surface area contributed by atoms with Crippen LogP contribution in [0.1, 0.15) is 17.5 Å². The first-order valence-corrected chi connectivity index (χ1v) is 7.45. The number of nitrogens with two attached hydrogens (primary N) is 1. The standard InChI is InChI=1S/C12H20N2O2S/c1-10-7-11(2)9-12(8-10)14(6-4-5-13)17(3,15)16/h7-9H,4-6,13H2,1-3H3. The predicted molar refractivity (Wildman–Crippen MR) is 71.8 cm³/mol. The van der Waals surface area contributed by atoms with Crippen molar-refractivity contribution in [2.24, 2.45) is 5.73 Å². The molecule has 0 aliphatic rings. The maximum absolute atomic E-state index is 11.7. The van der Waals surface area contributed by atoms with E-state index in [-0.39, 0.29) is 0 Å². The molecule has 0 aliphatic heterocycles. The maximum atomic E-state index is 11.7. The summed E-state index contributed by atoms with van der Waals surface area (Å²) in [5, 5.41) is 0. The van der Waals surface area contributed by atoms with Gasteiger partial charge in [0.25, 0.3) is 0 Å². The van der Waals surface area contributed by atoms with E-state index in [1.54, 1.807) is 0 Å². The van der Waals surface area contributed by atoms with Crippen molar-refractivity contribution >= 4 is 15.7 Å². The lowest BCUT2D eigenvalue weighted by atomic mass is 10.1. The van der Waals surface area contributed by atoms with Gasteiger partial charge in [0.05, 0.1) is 11.9 Å². The van der Waals surface area contributed by atoms with Crippen molar-refractivity contribution in [3.05, 3.63) is 29.3 Å². The normalized spacial score (nSPS) is 11.5. The molecule has 0 bridgehead atoms. The maximum Gasteiger partial charge on any atom is 0.232 e. The van der Waals surface area contributed by atoms with E-state index < -0.39 is 10.0 Å². The van der Waals surface area contributed by atoms with Crippen LogP contribution >= 0.6 is 0 Å². The first-order chi connectivity index (χ1) is 7.84. The van der Waals surface area contributed by atoms with Crippen LogP contribution in [0.5, 0.6) is 0 Å². The van der Waals surface area contributed by atoms with Gasteiger partial charge < -0.3 is 5.73 Å². The average Bonchev–Trinajstić information content (AvgIpc) is 2.14. The Morgan fingerprint density at radius 3 is 2.12 bits per heavy atom. The lowest BCUT2D eigenvalue weighted by Crippen LogP contribution is -2.32. The largest absolute Gasteiger partial charge is 0.330 e. The number of benzene rings is 1. The van der Waals surface area contributed by atoms with Crippen LogP contribution < -0.4 is 10.0 Å². The molecule has 0 unspecified atom stereocenters. The summed E-state index contributed by atoms with van der Waals surface area (Å²) in [4.78, 5) is 0. The minimum atomic E-state index is -3.25. The highest BCUT2D eigenvalue weighted by molar-refractivity contribution is 7.92. The second-order valence-corrected chi connectivity index (χ2v) is 6.23. The van der Waals surface area contributed by atoms with Gasteiger partial charge >= 0.3 is 0 Å². The van der Waals surface area contributed by atoms with Crippen molar-refractivity contribution in [3.63, 3.8) is 0 Å². The topological polar surface area (TPSA) is 63.4 Å². The Hall–Kier alpha value is -1.07. The molecule has 0 radical (unpaired) electrons. The van der Waals surface area contributed by atoms with E-state index in [1.165, 1.54) is 10.6 Å². The molecule has 2 N–H and O–H groups in total.